The number of para-hydroxylation sites is 1. The fraction of sp³-hybridized carbons (Fsp3) is 0.222. The maximum absolute atomic E-state index is 10.3. The van der Waals surface area contributed by atoms with Crippen LogP contribution in [0.15, 0.2) is 22.7 Å². The molecule has 0 radical (unpaired) electrons. The van der Waals surface area contributed by atoms with Crippen molar-refractivity contribution in [2.24, 2.45) is 5.73 Å². The van der Waals surface area contributed by atoms with Crippen molar-refractivity contribution in [1.82, 2.24) is 5.48 Å². The van der Waals surface area contributed by atoms with Crippen LogP contribution in [0.25, 0.3) is 0 Å². The summed E-state index contributed by atoms with van der Waals surface area (Å²) in [6, 6.07) is 5.25. The van der Waals surface area contributed by atoms with Crippen molar-refractivity contribution in [2.45, 2.75) is 6.54 Å². The molecule has 6 heteroatoms. The summed E-state index contributed by atoms with van der Waals surface area (Å²) in [4.78, 5) is 15.1. The maximum Gasteiger partial charge on any atom is 0.245 e. The number of hydrogen-bond donors (Lipinski definition) is 3. The minimum absolute atomic E-state index is 0.146. The van der Waals surface area contributed by atoms with Crippen LogP contribution in [0.2, 0.25) is 0 Å². The predicted octanol–water partition coefficient (Wildman–Crippen LogP) is 0.661. The van der Waals surface area contributed by atoms with E-state index in [2.05, 4.69) is 21.4 Å². The number of phenolic OH excluding ortho intramolecular Hbond substituents is 1. The van der Waals surface area contributed by atoms with Crippen LogP contribution in [-0.2, 0) is 16.2 Å². The third-order valence-electron chi connectivity index (χ3n) is 1.65. The molecule has 0 aliphatic rings. The van der Waals surface area contributed by atoms with Gasteiger partial charge in [0.15, 0.2) is 0 Å². The summed E-state index contributed by atoms with van der Waals surface area (Å²) in [7, 11) is 0. The number of benzene rings is 1. The number of hydrogen-bond acceptors (Lipinski definition) is 4. The number of nitrogens with one attached hydrogen (secondary N) is 1. The number of rotatable bonds is 5. The van der Waals surface area contributed by atoms with E-state index in [9.17, 15) is 9.90 Å². The molecule has 0 saturated carbocycles. The van der Waals surface area contributed by atoms with Gasteiger partial charge in [-0.25, -0.2) is 0 Å². The number of phenols is 1. The second-order valence-electron chi connectivity index (χ2n) is 2.82. The molecule has 1 aromatic rings. The lowest BCUT2D eigenvalue weighted by atomic mass is 10.2. The molecule has 0 atom stereocenters. The van der Waals surface area contributed by atoms with Crippen molar-refractivity contribution in [3.63, 3.8) is 0 Å². The van der Waals surface area contributed by atoms with E-state index in [-0.39, 0.29) is 12.4 Å². The zero-order chi connectivity index (χ0) is 11.3. The minimum atomic E-state index is -0.555. The van der Waals surface area contributed by atoms with Gasteiger partial charge in [0, 0.05) is 12.1 Å². The Morgan fingerprint density at radius 3 is 3.00 bits per heavy atom. The molecule has 1 aromatic carbocycles. The van der Waals surface area contributed by atoms with Crippen molar-refractivity contribution in [2.75, 3.05) is 6.61 Å². The van der Waals surface area contributed by atoms with Gasteiger partial charge in [0.25, 0.3) is 0 Å². The molecule has 5 nitrogen and oxygen atoms in total. The van der Waals surface area contributed by atoms with Gasteiger partial charge in [0.2, 0.25) is 5.91 Å². The van der Waals surface area contributed by atoms with Gasteiger partial charge < -0.3 is 10.8 Å². The highest BCUT2D eigenvalue weighted by molar-refractivity contribution is 9.10. The van der Waals surface area contributed by atoms with Gasteiger partial charge in [0.1, 0.15) is 12.4 Å². The Morgan fingerprint density at radius 2 is 2.33 bits per heavy atom. The highest BCUT2D eigenvalue weighted by Crippen LogP contribution is 2.26. The highest BCUT2D eigenvalue weighted by Gasteiger charge is 2.04. The largest absolute Gasteiger partial charge is 0.506 e. The topological polar surface area (TPSA) is 84.6 Å². The van der Waals surface area contributed by atoms with E-state index in [4.69, 9.17) is 10.6 Å². The standard InChI is InChI=1S/C9H11BrN2O3/c10-7-3-1-2-6(9(7)14)4-12-15-5-8(11)13/h1-3,12,14H,4-5H2,(H2,11,13). The summed E-state index contributed by atoms with van der Waals surface area (Å²) in [5.41, 5.74) is 8.05. The molecule has 1 amide bonds. The van der Waals surface area contributed by atoms with Crippen LogP contribution in [-0.4, -0.2) is 17.6 Å². The van der Waals surface area contributed by atoms with Gasteiger partial charge in [-0.05, 0) is 22.0 Å². The van der Waals surface area contributed by atoms with Crippen LogP contribution in [0.5, 0.6) is 5.75 Å². The van der Waals surface area contributed by atoms with E-state index in [1.165, 1.54) is 0 Å². The number of nitrogens with two attached hydrogens (primary N) is 1. The lowest BCUT2D eigenvalue weighted by Gasteiger charge is -2.07. The van der Waals surface area contributed by atoms with Crippen molar-refractivity contribution in [1.29, 1.82) is 0 Å². The predicted molar refractivity (Wildman–Crippen MR) is 57.8 cm³/mol. The van der Waals surface area contributed by atoms with Gasteiger partial charge in [-0.15, -0.1) is 0 Å². The molecule has 0 unspecified atom stereocenters. The number of carbonyl (C=O) groups is 1. The third kappa shape index (κ3) is 3.86. The Hall–Kier alpha value is -1.11. The Balaban J connectivity index is 2.44. The average Bonchev–Trinajstić information content (AvgIpc) is 2.18. The second-order valence-corrected chi connectivity index (χ2v) is 3.68. The third-order valence-corrected chi connectivity index (χ3v) is 2.29. The molecular weight excluding hydrogens is 264 g/mol. The molecule has 15 heavy (non-hydrogen) atoms. The normalized spacial score (nSPS) is 10.2. The van der Waals surface area contributed by atoms with Crippen LogP contribution in [0, 0.1) is 0 Å². The second kappa shape index (κ2) is 5.69. The summed E-state index contributed by atoms with van der Waals surface area (Å²) < 4.78 is 0.608. The molecule has 0 bridgehead atoms. The zero-order valence-corrected chi connectivity index (χ0v) is 9.45. The van der Waals surface area contributed by atoms with Crippen molar-refractivity contribution >= 4 is 21.8 Å². The summed E-state index contributed by atoms with van der Waals surface area (Å²) in [6.07, 6.45) is 0. The van der Waals surface area contributed by atoms with E-state index in [0.29, 0.717) is 16.6 Å². The number of primary amides is 1. The molecule has 0 fully saturated rings. The van der Waals surface area contributed by atoms with Crippen LogP contribution >= 0.6 is 15.9 Å². The van der Waals surface area contributed by atoms with Crippen molar-refractivity contribution in [3.8, 4) is 5.75 Å². The Labute approximate surface area is 95.3 Å². The zero-order valence-electron chi connectivity index (χ0n) is 7.87. The van der Waals surface area contributed by atoms with E-state index in [1.807, 2.05) is 0 Å². The molecule has 0 aliphatic carbocycles. The van der Waals surface area contributed by atoms with Gasteiger partial charge in [-0.2, -0.15) is 5.48 Å². The number of aromatic hydroxyl groups is 1. The highest BCUT2D eigenvalue weighted by atomic mass is 79.9. The molecular formula is C9H11BrN2O3. The van der Waals surface area contributed by atoms with Crippen LogP contribution < -0.4 is 11.2 Å². The minimum Gasteiger partial charge on any atom is -0.506 e. The first-order valence-electron chi connectivity index (χ1n) is 4.20. The maximum atomic E-state index is 10.3. The van der Waals surface area contributed by atoms with Crippen LogP contribution in [0.4, 0.5) is 0 Å². The van der Waals surface area contributed by atoms with Gasteiger partial charge in [0.05, 0.1) is 4.47 Å². The molecule has 0 aliphatic heterocycles. The molecule has 0 spiro atoms. The number of halogens is 1. The molecule has 4 N–H and O–H groups in total. The summed E-state index contributed by atoms with van der Waals surface area (Å²) in [5.74, 6) is -0.409. The fourth-order valence-corrected chi connectivity index (χ4v) is 1.36. The number of carbonyl (C=O) groups excluding carboxylic acids is 1. The van der Waals surface area contributed by atoms with Gasteiger partial charge in [-0.1, -0.05) is 12.1 Å². The van der Waals surface area contributed by atoms with Crippen molar-refractivity contribution < 1.29 is 14.7 Å². The van der Waals surface area contributed by atoms with E-state index in [1.54, 1.807) is 18.2 Å². The van der Waals surface area contributed by atoms with E-state index in [0.717, 1.165) is 0 Å². The van der Waals surface area contributed by atoms with Crippen LogP contribution in [0.1, 0.15) is 5.56 Å². The molecule has 0 saturated heterocycles. The van der Waals surface area contributed by atoms with Crippen LogP contribution in [0.3, 0.4) is 0 Å². The first-order chi connectivity index (χ1) is 7.11. The first-order valence-corrected chi connectivity index (χ1v) is 5.00. The van der Waals surface area contributed by atoms with E-state index >= 15 is 0 Å². The Kier molecular flexibility index (Phi) is 4.54. The van der Waals surface area contributed by atoms with E-state index < -0.39 is 5.91 Å². The average molecular weight is 275 g/mol. The Morgan fingerprint density at radius 1 is 1.60 bits per heavy atom. The van der Waals surface area contributed by atoms with Gasteiger partial charge in [-0.3, -0.25) is 9.63 Å². The SMILES string of the molecule is NC(=O)CONCc1cccc(Br)c1O. The summed E-state index contributed by atoms with van der Waals surface area (Å²) in [5, 5.41) is 9.57. The Bertz CT molecular complexity index is 357. The molecule has 0 aromatic heterocycles. The first kappa shape index (κ1) is 12.0. The fourth-order valence-electron chi connectivity index (χ4n) is 0.954. The smallest absolute Gasteiger partial charge is 0.245 e. The number of hydroxylamine groups is 1. The van der Waals surface area contributed by atoms with Crippen molar-refractivity contribution in [3.05, 3.63) is 28.2 Å². The lowest BCUT2D eigenvalue weighted by molar-refractivity contribution is -0.125. The quantitative estimate of drug-likeness (QED) is 0.544. The lowest BCUT2D eigenvalue weighted by Crippen LogP contribution is -2.24. The van der Waals surface area contributed by atoms with Gasteiger partial charge >= 0.3 is 0 Å². The summed E-state index contributed by atoms with van der Waals surface area (Å²) >= 11 is 3.19. The summed E-state index contributed by atoms with van der Waals surface area (Å²) in [6.45, 7) is 0.0906. The number of amides is 1. The monoisotopic (exact) mass is 274 g/mol. The molecule has 0 heterocycles. The molecule has 1 rings (SSSR count). The molecule has 82 valence electrons.